The summed E-state index contributed by atoms with van der Waals surface area (Å²) in [6, 6.07) is 27.9. The fourth-order valence-corrected chi connectivity index (χ4v) is 8.87. The summed E-state index contributed by atoms with van der Waals surface area (Å²) in [5, 5.41) is 7.52. The molecule has 1 aliphatic heterocycles. The summed E-state index contributed by atoms with van der Waals surface area (Å²) in [6.07, 6.45) is 8.74. The molecule has 0 aliphatic carbocycles. The first kappa shape index (κ1) is 38.7. The van der Waals surface area contributed by atoms with Gasteiger partial charge in [-0.3, -0.25) is 5.01 Å². The molecule has 0 bridgehead atoms. The molecule has 0 aromatic heterocycles. The van der Waals surface area contributed by atoms with Crippen LogP contribution in [-0.4, -0.2) is 5.71 Å². The topological polar surface area (TPSA) is 15.6 Å². The highest BCUT2D eigenvalue weighted by Gasteiger charge is 2.32. The van der Waals surface area contributed by atoms with Gasteiger partial charge in [-0.15, -0.1) is 0 Å². The van der Waals surface area contributed by atoms with Crippen LogP contribution >= 0.6 is 0 Å². The van der Waals surface area contributed by atoms with Gasteiger partial charge in [0.05, 0.1) is 17.4 Å². The molecule has 3 aromatic carbocycles. The number of hydrazone groups is 1. The molecule has 0 saturated carbocycles. The summed E-state index contributed by atoms with van der Waals surface area (Å²) in [5.41, 5.74) is 10.1. The molecule has 4 rings (SSSR count). The van der Waals surface area contributed by atoms with Crippen LogP contribution in [0.2, 0.25) is 0 Å². The molecule has 3 aromatic rings. The average molecular weight is 661 g/mol. The van der Waals surface area contributed by atoms with Crippen molar-refractivity contribution in [3.8, 4) is 0 Å². The van der Waals surface area contributed by atoms with E-state index in [1.165, 1.54) is 27.8 Å². The Morgan fingerprint density at radius 3 is 1.27 bits per heavy atom. The van der Waals surface area contributed by atoms with Crippen molar-refractivity contribution in [3.63, 3.8) is 0 Å². The largest absolute Gasteiger partial charge is 0.257 e. The smallest absolute Gasteiger partial charge is 0.0831 e. The van der Waals surface area contributed by atoms with Crippen LogP contribution < -0.4 is 5.01 Å². The number of anilines is 1. The molecule has 0 saturated heterocycles. The Balaban J connectivity index is 1.63. The zero-order chi connectivity index (χ0) is 36.6. The van der Waals surface area contributed by atoms with Gasteiger partial charge in [0, 0.05) is 6.42 Å². The highest BCUT2D eigenvalue weighted by molar-refractivity contribution is 6.01. The third kappa shape index (κ3) is 10.7. The van der Waals surface area contributed by atoms with Gasteiger partial charge in [0.1, 0.15) is 0 Å². The van der Waals surface area contributed by atoms with E-state index in [-0.39, 0.29) is 38.5 Å². The molecule has 2 nitrogen and oxygen atoms in total. The van der Waals surface area contributed by atoms with Crippen molar-refractivity contribution < 1.29 is 0 Å². The van der Waals surface area contributed by atoms with E-state index in [0.29, 0.717) is 0 Å². The van der Waals surface area contributed by atoms with Crippen molar-refractivity contribution in [1.29, 1.82) is 0 Å². The number of allylic oxidation sites excluding steroid dienone is 1. The molecule has 0 fully saturated rings. The lowest BCUT2D eigenvalue weighted by atomic mass is 9.72. The van der Waals surface area contributed by atoms with E-state index in [4.69, 9.17) is 5.10 Å². The lowest BCUT2D eigenvalue weighted by molar-refractivity contribution is 0.283. The Kier molecular flexibility index (Phi) is 11.0. The summed E-state index contributed by atoms with van der Waals surface area (Å²) in [5.74, 6) is 0. The highest BCUT2D eigenvalue weighted by atomic mass is 15.5. The summed E-state index contributed by atoms with van der Waals surface area (Å²) >= 11 is 0. The first-order chi connectivity index (χ1) is 22.3. The van der Waals surface area contributed by atoms with Gasteiger partial charge in [-0.05, 0) is 97.8 Å². The van der Waals surface area contributed by atoms with E-state index in [0.717, 1.165) is 37.1 Å². The molecule has 266 valence electrons. The number of benzene rings is 3. The van der Waals surface area contributed by atoms with E-state index in [1.807, 2.05) is 0 Å². The molecule has 0 amide bonds. The zero-order valence-corrected chi connectivity index (χ0v) is 33.9. The third-order valence-corrected chi connectivity index (χ3v) is 10.0. The van der Waals surface area contributed by atoms with E-state index in [9.17, 15) is 0 Å². The second-order valence-corrected chi connectivity index (χ2v) is 20.6. The summed E-state index contributed by atoms with van der Waals surface area (Å²) in [6.45, 7) is 35.2. The van der Waals surface area contributed by atoms with E-state index in [2.05, 4.69) is 194 Å². The standard InChI is InChI=1S/C47H68N2/c1-42(2,3)31-45(10,11)36-21-16-34(17-22-36)18-27-39-30-41(35-19-23-37(24-20-35)46(12,13)32-43(4,5)6)49(48-39)40-28-25-38(26-29-40)47(14,15)33-44(7,8)9/h16-29,41H,30-33H2,1-15H3. The first-order valence-corrected chi connectivity index (χ1v) is 18.7. The number of rotatable bonds is 10. The Bertz CT molecular complexity index is 1590. The SMILES string of the molecule is CC(C)(C)CC(C)(C)c1ccc(C=CC2=NN(c3ccc(C(C)(C)CC(C)(C)C)cc3)C(c3ccc(C(C)(C)CC(C)(C)C)cc3)C2)cc1. The molecule has 1 heterocycles. The van der Waals surface area contributed by atoms with Gasteiger partial charge in [0.15, 0.2) is 0 Å². The van der Waals surface area contributed by atoms with Gasteiger partial charge in [-0.1, -0.05) is 171 Å². The monoisotopic (exact) mass is 661 g/mol. The fraction of sp³-hybridized carbons (Fsp3) is 0.553. The predicted molar refractivity (Wildman–Crippen MR) is 217 cm³/mol. The van der Waals surface area contributed by atoms with Crippen LogP contribution in [0.25, 0.3) is 6.08 Å². The lowest BCUT2D eigenvalue weighted by Crippen LogP contribution is -2.25. The van der Waals surface area contributed by atoms with Crippen molar-refractivity contribution in [3.05, 3.63) is 107 Å². The fourth-order valence-electron chi connectivity index (χ4n) is 8.87. The minimum absolute atomic E-state index is 0.103. The summed E-state index contributed by atoms with van der Waals surface area (Å²) < 4.78 is 0. The normalized spacial score (nSPS) is 16.8. The van der Waals surface area contributed by atoms with Gasteiger partial charge >= 0.3 is 0 Å². The summed E-state index contributed by atoms with van der Waals surface area (Å²) in [7, 11) is 0. The van der Waals surface area contributed by atoms with Gasteiger partial charge < -0.3 is 0 Å². The van der Waals surface area contributed by atoms with Crippen LogP contribution in [0.3, 0.4) is 0 Å². The molecule has 0 spiro atoms. The van der Waals surface area contributed by atoms with Crippen molar-refractivity contribution in [1.82, 2.24) is 0 Å². The Hall–Kier alpha value is -3.13. The molecule has 2 heteroatoms. The molecule has 1 aliphatic rings. The second kappa shape index (κ2) is 13.9. The van der Waals surface area contributed by atoms with E-state index in [1.54, 1.807) is 0 Å². The van der Waals surface area contributed by atoms with Crippen LogP contribution in [0.1, 0.15) is 163 Å². The van der Waals surface area contributed by atoms with Crippen LogP contribution in [-0.2, 0) is 16.2 Å². The van der Waals surface area contributed by atoms with Crippen molar-refractivity contribution in [2.24, 2.45) is 21.3 Å². The quantitative estimate of drug-likeness (QED) is 0.211. The van der Waals surface area contributed by atoms with Crippen LogP contribution in [0, 0.1) is 16.2 Å². The molecule has 1 unspecified atom stereocenters. The highest BCUT2D eigenvalue weighted by Crippen LogP contribution is 2.41. The van der Waals surface area contributed by atoms with Gasteiger partial charge in [-0.25, -0.2) is 0 Å². The summed E-state index contributed by atoms with van der Waals surface area (Å²) in [4.78, 5) is 0. The maximum Gasteiger partial charge on any atom is 0.0831 e. The first-order valence-electron chi connectivity index (χ1n) is 18.7. The second-order valence-electron chi connectivity index (χ2n) is 20.6. The van der Waals surface area contributed by atoms with Gasteiger partial charge in [0.25, 0.3) is 0 Å². The Morgan fingerprint density at radius 1 is 0.510 bits per heavy atom. The molecule has 0 radical (unpaired) electrons. The molecule has 1 atom stereocenters. The minimum atomic E-state index is 0.103. The molecular formula is C47H68N2. The van der Waals surface area contributed by atoms with E-state index >= 15 is 0 Å². The Morgan fingerprint density at radius 2 is 0.878 bits per heavy atom. The maximum absolute atomic E-state index is 5.26. The Labute approximate surface area is 301 Å². The maximum atomic E-state index is 5.26. The van der Waals surface area contributed by atoms with Gasteiger partial charge in [0.2, 0.25) is 0 Å². The van der Waals surface area contributed by atoms with Crippen molar-refractivity contribution in [2.45, 2.75) is 152 Å². The van der Waals surface area contributed by atoms with Crippen LogP contribution in [0.4, 0.5) is 5.69 Å². The number of hydrogen-bond donors (Lipinski definition) is 0. The average Bonchev–Trinajstić information content (AvgIpc) is 3.37. The van der Waals surface area contributed by atoms with Gasteiger partial charge in [-0.2, -0.15) is 5.10 Å². The molecule has 0 N–H and O–H groups in total. The predicted octanol–water partition coefficient (Wildman–Crippen LogP) is 13.8. The third-order valence-electron chi connectivity index (χ3n) is 10.0. The minimum Gasteiger partial charge on any atom is -0.257 e. The number of hydrogen-bond acceptors (Lipinski definition) is 2. The molecular weight excluding hydrogens is 593 g/mol. The van der Waals surface area contributed by atoms with E-state index < -0.39 is 0 Å². The van der Waals surface area contributed by atoms with Crippen molar-refractivity contribution >= 4 is 17.5 Å². The van der Waals surface area contributed by atoms with Crippen molar-refractivity contribution in [2.75, 3.05) is 5.01 Å². The van der Waals surface area contributed by atoms with Crippen LogP contribution in [0.15, 0.2) is 84.0 Å². The number of nitrogens with zero attached hydrogens (tertiary/aromatic N) is 2. The lowest BCUT2D eigenvalue weighted by Gasteiger charge is -2.34. The van der Waals surface area contributed by atoms with Crippen LogP contribution in [0.5, 0.6) is 0 Å². The molecule has 49 heavy (non-hydrogen) atoms. The zero-order valence-electron chi connectivity index (χ0n) is 33.9.